The van der Waals surface area contributed by atoms with Crippen LogP contribution in [0.4, 0.5) is 10.3 Å². The van der Waals surface area contributed by atoms with E-state index in [1.165, 1.54) is 15.9 Å². The molecule has 0 radical (unpaired) electrons. The second-order valence-electron chi connectivity index (χ2n) is 9.75. The van der Waals surface area contributed by atoms with Crippen LogP contribution in [-0.4, -0.2) is 58.5 Å². The second-order valence-corrected chi connectivity index (χ2v) is 12.1. The van der Waals surface area contributed by atoms with E-state index in [-0.39, 0.29) is 28.4 Å². The van der Waals surface area contributed by atoms with Crippen LogP contribution in [0.5, 0.6) is 0 Å². The molecular formula is C25H26ClFN6O2S. The molecule has 0 atom stereocenters. The molecule has 3 heterocycles. The Labute approximate surface area is 214 Å². The van der Waals surface area contributed by atoms with Crippen molar-refractivity contribution in [3.05, 3.63) is 71.1 Å². The molecule has 0 saturated carbocycles. The average Bonchev–Trinajstić information content (AvgIpc) is 3.30. The summed E-state index contributed by atoms with van der Waals surface area (Å²) in [5.41, 5.74) is 3.17. The first-order valence-corrected chi connectivity index (χ1v) is 13.4. The number of rotatable bonds is 4. The standard InChI is InChI=1S/C25H26ClFN6O2S/c1-25(2,3)18-6-4-17(5-7-18)22-10-11-28-23-29-24(30-33(22)23)31-12-14-32(15-13-31)36(34,35)19-8-9-21(27)20(26)16-19/h4-11,16H,12-15H2,1-3H3. The minimum absolute atomic E-state index is 0.0282. The van der Waals surface area contributed by atoms with Crippen LogP contribution in [0.3, 0.4) is 0 Å². The third-order valence-corrected chi connectivity index (χ3v) is 8.51. The third-order valence-electron chi connectivity index (χ3n) is 6.33. The lowest BCUT2D eigenvalue weighted by atomic mass is 9.86. The Kier molecular flexibility index (Phi) is 6.22. The highest BCUT2D eigenvalue weighted by Gasteiger charge is 2.30. The van der Waals surface area contributed by atoms with Crippen LogP contribution in [-0.2, 0) is 15.4 Å². The molecule has 1 aliphatic rings. The maximum Gasteiger partial charge on any atom is 0.254 e. The SMILES string of the molecule is CC(C)(C)c1ccc(-c2ccnc3nc(N4CCN(S(=O)(=O)c5ccc(F)c(Cl)c5)CC4)nn23)cc1. The summed E-state index contributed by atoms with van der Waals surface area (Å²) in [5, 5.41) is 4.47. The van der Waals surface area contributed by atoms with E-state index in [1.807, 2.05) is 11.0 Å². The lowest BCUT2D eigenvalue weighted by Crippen LogP contribution is -2.49. The first-order chi connectivity index (χ1) is 17.0. The Bertz CT molecular complexity index is 1520. The van der Waals surface area contributed by atoms with Crippen molar-refractivity contribution in [1.82, 2.24) is 23.9 Å². The van der Waals surface area contributed by atoms with Gasteiger partial charge in [-0.15, -0.1) is 5.10 Å². The Morgan fingerprint density at radius 3 is 2.31 bits per heavy atom. The average molecular weight is 529 g/mol. The van der Waals surface area contributed by atoms with Gasteiger partial charge in [-0.2, -0.15) is 13.8 Å². The quantitative estimate of drug-likeness (QED) is 0.390. The minimum Gasteiger partial charge on any atom is -0.337 e. The molecule has 0 amide bonds. The topological polar surface area (TPSA) is 83.7 Å². The number of benzene rings is 2. The summed E-state index contributed by atoms with van der Waals surface area (Å²) in [6.07, 6.45) is 1.71. The normalized spacial score (nSPS) is 15.5. The smallest absolute Gasteiger partial charge is 0.254 e. The molecule has 2 aromatic carbocycles. The fourth-order valence-corrected chi connectivity index (χ4v) is 5.89. The molecule has 2 aromatic heterocycles. The van der Waals surface area contributed by atoms with Crippen molar-refractivity contribution in [3.63, 3.8) is 0 Å². The summed E-state index contributed by atoms with van der Waals surface area (Å²) in [6, 6.07) is 13.7. The number of hydrogen-bond acceptors (Lipinski definition) is 6. The summed E-state index contributed by atoms with van der Waals surface area (Å²) in [5.74, 6) is 0.304. The Balaban J connectivity index is 1.36. The summed E-state index contributed by atoms with van der Waals surface area (Å²) in [4.78, 5) is 10.9. The predicted octanol–water partition coefficient (Wildman–Crippen LogP) is 4.39. The molecule has 0 spiro atoms. The summed E-state index contributed by atoms with van der Waals surface area (Å²) in [7, 11) is -3.79. The molecule has 188 valence electrons. The van der Waals surface area contributed by atoms with Crippen molar-refractivity contribution in [1.29, 1.82) is 0 Å². The summed E-state index contributed by atoms with van der Waals surface area (Å²) >= 11 is 5.79. The molecule has 4 aromatic rings. The lowest BCUT2D eigenvalue weighted by molar-refractivity contribution is 0.382. The van der Waals surface area contributed by atoms with Crippen molar-refractivity contribution < 1.29 is 12.8 Å². The van der Waals surface area contributed by atoms with Gasteiger partial charge in [-0.3, -0.25) is 0 Å². The number of sulfonamides is 1. The van der Waals surface area contributed by atoms with Crippen molar-refractivity contribution in [3.8, 4) is 11.3 Å². The van der Waals surface area contributed by atoms with Gasteiger partial charge in [-0.05, 0) is 35.2 Å². The number of hydrogen-bond donors (Lipinski definition) is 0. The van der Waals surface area contributed by atoms with Crippen molar-refractivity contribution in [2.45, 2.75) is 31.1 Å². The fourth-order valence-electron chi connectivity index (χ4n) is 4.19. The highest BCUT2D eigenvalue weighted by molar-refractivity contribution is 7.89. The Morgan fingerprint density at radius 2 is 1.67 bits per heavy atom. The van der Waals surface area contributed by atoms with Gasteiger partial charge in [0.15, 0.2) is 0 Å². The molecular weight excluding hydrogens is 503 g/mol. The van der Waals surface area contributed by atoms with E-state index >= 15 is 0 Å². The van der Waals surface area contributed by atoms with Crippen LogP contribution < -0.4 is 4.90 Å². The predicted molar refractivity (Wildman–Crippen MR) is 137 cm³/mol. The maximum atomic E-state index is 13.5. The molecule has 11 heteroatoms. The van der Waals surface area contributed by atoms with E-state index in [1.54, 1.807) is 10.7 Å². The molecule has 1 fully saturated rings. The van der Waals surface area contributed by atoms with E-state index in [9.17, 15) is 12.8 Å². The van der Waals surface area contributed by atoms with Gasteiger partial charge in [0.05, 0.1) is 15.6 Å². The molecule has 1 saturated heterocycles. The Morgan fingerprint density at radius 1 is 0.972 bits per heavy atom. The van der Waals surface area contributed by atoms with E-state index in [4.69, 9.17) is 16.7 Å². The zero-order valence-corrected chi connectivity index (χ0v) is 21.8. The largest absolute Gasteiger partial charge is 0.337 e. The monoisotopic (exact) mass is 528 g/mol. The number of nitrogens with zero attached hydrogens (tertiary/aromatic N) is 6. The van der Waals surface area contributed by atoms with Crippen LogP contribution in [0.1, 0.15) is 26.3 Å². The van der Waals surface area contributed by atoms with Crippen LogP contribution in [0.25, 0.3) is 17.0 Å². The van der Waals surface area contributed by atoms with E-state index in [0.717, 1.165) is 23.4 Å². The molecule has 36 heavy (non-hydrogen) atoms. The zero-order valence-electron chi connectivity index (χ0n) is 20.2. The van der Waals surface area contributed by atoms with Gasteiger partial charge in [0.2, 0.25) is 16.0 Å². The fraction of sp³-hybridized carbons (Fsp3) is 0.320. The second kappa shape index (κ2) is 9.10. The van der Waals surface area contributed by atoms with Crippen LogP contribution in [0.15, 0.2) is 59.6 Å². The van der Waals surface area contributed by atoms with Crippen LogP contribution in [0.2, 0.25) is 5.02 Å². The van der Waals surface area contributed by atoms with Gasteiger partial charge in [-0.1, -0.05) is 56.6 Å². The minimum atomic E-state index is -3.79. The molecule has 0 unspecified atom stereocenters. The number of piperazine rings is 1. The molecule has 8 nitrogen and oxygen atoms in total. The van der Waals surface area contributed by atoms with Gasteiger partial charge in [-0.25, -0.2) is 17.8 Å². The number of halogens is 2. The lowest BCUT2D eigenvalue weighted by Gasteiger charge is -2.33. The highest BCUT2D eigenvalue weighted by atomic mass is 35.5. The van der Waals surface area contributed by atoms with Gasteiger partial charge >= 0.3 is 0 Å². The molecule has 1 aliphatic heterocycles. The summed E-state index contributed by atoms with van der Waals surface area (Å²) < 4.78 is 42.6. The van der Waals surface area contributed by atoms with Gasteiger partial charge < -0.3 is 4.90 Å². The van der Waals surface area contributed by atoms with Crippen LogP contribution in [0, 0.1) is 5.82 Å². The molecule has 5 rings (SSSR count). The molecule has 0 aliphatic carbocycles. The van der Waals surface area contributed by atoms with Crippen molar-refractivity contribution in [2.24, 2.45) is 0 Å². The number of anilines is 1. The molecule has 0 bridgehead atoms. The van der Waals surface area contributed by atoms with Crippen LogP contribution >= 0.6 is 11.6 Å². The Hall–Kier alpha value is -3.08. The zero-order chi connectivity index (χ0) is 25.7. The highest BCUT2D eigenvalue weighted by Crippen LogP contribution is 2.27. The maximum absolute atomic E-state index is 13.5. The van der Waals surface area contributed by atoms with E-state index in [0.29, 0.717) is 24.8 Å². The first kappa shape index (κ1) is 24.6. The van der Waals surface area contributed by atoms with E-state index < -0.39 is 15.8 Å². The van der Waals surface area contributed by atoms with Crippen molar-refractivity contribution in [2.75, 3.05) is 31.1 Å². The van der Waals surface area contributed by atoms with Crippen molar-refractivity contribution >= 4 is 33.4 Å². The number of aromatic nitrogens is 4. The van der Waals surface area contributed by atoms with Gasteiger partial charge in [0, 0.05) is 37.9 Å². The third kappa shape index (κ3) is 4.56. The van der Waals surface area contributed by atoms with Gasteiger partial charge in [0.1, 0.15) is 5.82 Å². The molecule has 0 N–H and O–H groups in total. The van der Waals surface area contributed by atoms with Gasteiger partial charge in [0.25, 0.3) is 5.78 Å². The summed E-state index contributed by atoms with van der Waals surface area (Å²) in [6.45, 7) is 7.81. The first-order valence-electron chi connectivity index (χ1n) is 11.6. The van der Waals surface area contributed by atoms with E-state index in [2.05, 4.69) is 55.0 Å². The number of fused-ring (bicyclic) bond motifs is 1.